The molecule has 0 bridgehead atoms. The zero-order valence-electron chi connectivity index (χ0n) is 10.3. The van der Waals surface area contributed by atoms with Crippen molar-refractivity contribution in [2.24, 2.45) is 0 Å². The maximum atomic E-state index is 13.4. The first-order valence-electron chi connectivity index (χ1n) is 5.51. The van der Waals surface area contributed by atoms with Crippen LogP contribution in [0.1, 0.15) is 5.56 Å². The van der Waals surface area contributed by atoms with Gasteiger partial charge in [0.1, 0.15) is 22.3 Å². The molecule has 21 heavy (non-hydrogen) atoms. The van der Waals surface area contributed by atoms with Gasteiger partial charge in [-0.3, -0.25) is 4.72 Å². The topological polar surface area (TPSA) is 70.0 Å². The Kier molecular flexibility index (Phi) is 3.86. The molecule has 2 rings (SSSR count). The van der Waals surface area contributed by atoms with E-state index in [-0.39, 0.29) is 5.69 Å². The number of anilines is 1. The highest BCUT2D eigenvalue weighted by atomic mass is 32.2. The Morgan fingerprint density at radius 1 is 1.00 bits per heavy atom. The van der Waals surface area contributed by atoms with Crippen molar-refractivity contribution in [2.45, 2.75) is 4.90 Å². The van der Waals surface area contributed by atoms with Gasteiger partial charge in [0.05, 0.1) is 5.69 Å². The standard InChI is InChI=1S/C13H7F3N2O2S/c14-10-2-1-3-13(9(10)7-17)21(19,20)18-8-4-5-11(15)12(16)6-8/h1-6,18H. The van der Waals surface area contributed by atoms with Crippen LogP contribution in [0.4, 0.5) is 18.9 Å². The van der Waals surface area contributed by atoms with E-state index in [0.29, 0.717) is 6.07 Å². The summed E-state index contributed by atoms with van der Waals surface area (Å²) in [5.74, 6) is -3.37. The van der Waals surface area contributed by atoms with Gasteiger partial charge in [-0.1, -0.05) is 6.07 Å². The van der Waals surface area contributed by atoms with Crippen molar-refractivity contribution in [3.8, 4) is 6.07 Å². The van der Waals surface area contributed by atoms with Gasteiger partial charge in [0.15, 0.2) is 11.6 Å². The quantitative estimate of drug-likeness (QED) is 0.947. The molecule has 0 aromatic heterocycles. The molecule has 4 nitrogen and oxygen atoms in total. The van der Waals surface area contributed by atoms with Gasteiger partial charge >= 0.3 is 0 Å². The molecule has 2 aromatic carbocycles. The highest BCUT2D eigenvalue weighted by Crippen LogP contribution is 2.22. The number of nitrogens with one attached hydrogen (secondary N) is 1. The maximum Gasteiger partial charge on any atom is 0.263 e. The first-order chi connectivity index (χ1) is 9.85. The van der Waals surface area contributed by atoms with Crippen LogP contribution in [0.15, 0.2) is 41.3 Å². The Balaban J connectivity index is 2.46. The van der Waals surface area contributed by atoms with Crippen LogP contribution in [0.5, 0.6) is 0 Å². The fourth-order valence-corrected chi connectivity index (χ4v) is 2.82. The fraction of sp³-hybridized carbons (Fsp3) is 0. The third-order valence-electron chi connectivity index (χ3n) is 2.55. The third-order valence-corrected chi connectivity index (χ3v) is 3.97. The van der Waals surface area contributed by atoms with Crippen molar-refractivity contribution in [3.05, 3.63) is 59.4 Å². The molecular formula is C13H7F3N2O2S. The highest BCUT2D eigenvalue weighted by molar-refractivity contribution is 7.92. The molecule has 0 saturated heterocycles. The predicted molar refractivity (Wildman–Crippen MR) is 68.3 cm³/mol. The monoisotopic (exact) mass is 312 g/mol. The Bertz CT molecular complexity index is 845. The molecule has 1 N–H and O–H groups in total. The number of hydrogen-bond acceptors (Lipinski definition) is 3. The molecule has 0 fully saturated rings. The van der Waals surface area contributed by atoms with Gasteiger partial charge in [-0.25, -0.2) is 21.6 Å². The average Bonchev–Trinajstić information content (AvgIpc) is 2.42. The average molecular weight is 312 g/mol. The van der Waals surface area contributed by atoms with Crippen molar-refractivity contribution in [1.29, 1.82) is 5.26 Å². The molecule has 0 amide bonds. The molecule has 0 spiro atoms. The van der Waals surface area contributed by atoms with Crippen LogP contribution in [0.3, 0.4) is 0 Å². The van der Waals surface area contributed by atoms with Gasteiger partial charge in [0, 0.05) is 6.07 Å². The number of rotatable bonds is 3. The van der Waals surface area contributed by atoms with Crippen LogP contribution >= 0.6 is 0 Å². The molecule has 2 aromatic rings. The van der Waals surface area contributed by atoms with Crippen LogP contribution in [-0.4, -0.2) is 8.42 Å². The van der Waals surface area contributed by atoms with E-state index in [9.17, 15) is 21.6 Å². The van der Waals surface area contributed by atoms with Crippen molar-refractivity contribution in [2.75, 3.05) is 4.72 Å². The lowest BCUT2D eigenvalue weighted by molar-refractivity contribution is 0.509. The van der Waals surface area contributed by atoms with Gasteiger partial charge in [-0.05, 0) is 24.3 Å². The molecule has 0 heterocycles. The van der Waals surface area contributed by atoms with Gasteiger partial charge in [0.2, 0.25) is 0 Å². The zero-order chi connectivity index (χ0) is 15.6. The minimum Gasteiger partial charge on any atom is -0.279 e. The molecule has 0 aliphatic carbocycles. The summed E-state index contributed by atoms with van der Waals surface area (Å²) < 4.78 is 65.4. The molecule has 8 heteroatoms. The second-order valence-corrected chi connectivity index (χ2v) is 5.61. The van der Waals surface area contributed by atoms with E-state index in [1.165, 1.54) is 6.07 Å². The summed E-state index contributed by atoms with van der Waals surface area (Å²) in [5, 5.41) is 8.82. The summed E-state index contributed by atoms with van der Waals surface area (Å²) in [7, 11) is -4.31. The molecule has 0 atom stereocenters. The number of benzene rings is 2. The van der Waals surface area contributed by atoms with Gasteiger partial charge in [0.25, 0.3) is 10.0 Å². The minimum atomic E-state index is -4.31. The molecule has 0 aliphatic heterocycles. The lowest BCUT2D eigenvalue weighted by Crippen LogP contribution is -2.15. The van der Waals surface area contributed by atoms with Gasteiger partial charge in [-0.15, -0.1) is 0 Å². The SMILES string of the molecule is N#Cc1c(F)cccc1S(=O)(=O)Nc1ccc(F)c(F)c1. The van der Waals surface area contributed by atoms with Crippen molar-refractivity contribution in [1.82, 2.24) is 0 Å². The van der Waals surface area contributed by atoms with Crippen molar-refractivity contribution >= 4 is 15.7 Å². The largest absolute Gasteiger partial charge is 0.279 e. The third kappa shape index (κ3) is 2.98. The number of nitriles is 1. The smallest absolute Gasteiger partial charge is 0.263 e. The molecular weight excluding hydrogens is 305 g/mol. The lowest BCUT2D eigenvalue weighted by atomic mass is 10.2. The summed E-state index contributed by atoms with van der Waals surface area (Å²) >= 11 is 0. The Morgan fingerprint density at radius 3 is 2.33 bits per heavy atom. The second kappa shape index (κ2) is 5.46. The first-order valence-corrected chi connectivity index (χ1v) is 7.00. The van der Waals surface area contributed by atoms with Crippen LogP contribution in [0.25, 0.3) is 0 Å². The summed E-state index contributed by atoms with van der Waals surface area (Å²) in [6, 6.07) is 6.92. The Labute approximate surface area is 118 Å². The Hall–Kier alpha value is -2.53. The zero-order valence-corrected chi connectivity index (χ0v) is 11.1. The Morgan fingerprint density at radius 2 is 1.71 bits per heavy atom. The van der Waals surface area contributed by atoms with Crippen LogP contribution < -0.4 is 4.72 Å². The summed E-state index contributed by atoms with van der Waals surface area (Å²) in [6.07, 6.45) is 0. The normalized spacial score (nSPS) is 11.0. The van der Waals surface area contributed by atoms with E-state index < -0.39 is 37.9 Å². The number of halogens is 3. The van der Waals surface area contributed by atoms with E-state index in [0.717, 1.165) is 30.3 Å². The van der Waals surface area contributed by atoms with Crippen LogP contribution in [0, 0.1) is 28.8 Å². The lowest BCUT2D eigenvalue weighted by Gasteiger charge is -2.09. The number of hydrogen-bond donors (Lipinski definition) is 1. The highest BCUT2D eigenvalue weighted by Gasteiger charge is 2.21. The van der Waals surface area contributed by atoms with Crippen LogP contribution in [0.2, 0.25) is 0 Å². The minimum absolute atomic E-state index is 0.248. The molecule has 0 saturated carbocycles. The number of nitrogens with zero attached hydrogens (tertiary/aromatic N) is 1. The molecule has 108 valence electrons. The molecule has 0 aliphatic rings. The predicted octanol–water partition coefficient (Wildman–Crippen LogP) is 2.78. The van der Waals surface area contributed by atoms with Crippen molar-refractivity contribution in [3.63, 3.8) is 0 Å². The molecule has 0 unspecified atom stereocenters. The number of sulfonamides is 1. The van der Waals surface area contributed by atoms with E-state index in [1.54, 1.807) is 0 Å². The van der Waals surface area contributed by atoms with Gasteiger partial charge < -0.3 is 0 Å². The fourth-order valence-electron chi connectivity index (χ4n) is 1.61. The summed E-state index contributed by atoms with van der Waals surface area (Å²) in [6.45, 7) is 0. The van der Waals surface area contributed by atoms with E-state index in [1.807, 2.05) is 4.72 Å². The second-order valence-electron chi connectivity index (χ2n) is 3.96. The van der Waals surface area contributed by atoms with E-state index in [2.05, 4.69) is 0 Å². The van der Waals surface area contributed by atoms with E-state index >= 15 is 0 Å². The van der Waals surface area contributed by atoms with E-state index in [4.69, 9.17) is 5.26 Å². The van der Waals surface area contributed by atoms with Crippen LogP contribution in [-0.2, 0) is 10.0 Å². The van der Waals surface area contributed by atoms with Crippen molar-refractivity contribution < 1.29 is 21.6 Å². The maximum absolute atomic E-state index is 13.4. The summed E-state index contributed by atoms with van der Waals surface area (Å²) in [4.78, 5) is -0.588. The summed E-state index contributed by atoms with van der Waals surface area (Å²) in [5.41, 5.74) is -0.908. The van der Waals surface area contributed by atoms with Gasteiger partial charge in [-0.2, -0.15) is 5.26 Å². The molecule has 0 radical (unpaired) electrons. The first kappa shape index (κ1) is 14.9.